The minimum Gasteiger partial charge on any atom is -0.321 e. The van der Waals surface area contributed by atoms with Gasteiger partial charge in [-0.1, -0.05) is 18.2 Å². The number of pyridine rings is 1. The molecule has 0 atom stereocenters. The summed E-state index contributed by atoms with van der Waals surface area (Å²) in [7, 11) is -4.18. The highest BCUT2D eigenvalue weighted by Crippen LogP contribution is 2.33. The van der Waals surface area contributed by atoms with Crippen LogP contribution in [0.3, 0.4) is 0 Å². The molecule has 1 aromatic carbocycles. The molecule has 0 fully saturated rings. The van der Waals surface area contributed by atoms with E-state index in [9.17, 15) is 4.57 Å². The van der Waals surface area contributed by atoms with Crippen molar-refractivity contribution in [2.45, 2.75) is 0 Å². The Balaban J connectivity index is 2.69. The summed E-state index contributed by atoms with van der Waals surface area (Å²) >= 11 is 0. The summed E-state index contributed by atoms with van der Waals surface area (Å²) in [6.07, 6.45) is 1.21. The largest absolute Gasteiger partial charge is 0.357 e. The SMILES string of the molecule is O=P(O)(O)c1cnc2ccccc2c1. The van der Waals surface area contributed by atoms with E-state index in [-0.39, 0.29) is 5.30 Å². The Hall–Kier alpha value is -1.22. The fraction of sp³-hybridized carbons (Fsp3) is 0. The van der Waals surface area contributed by atoms with Crippen molar-refractivity contribution < 1.29 is 14.4 Å². The number of rotatable bonds is 1. The average Bonchev–Trinajstić information content (AvgIpc) is 2.16. The van der Waals surface area contributed by atoms with Crippen LogP contribution in [0.1, 0.15) is 0 Å². The normalized spacial score (nSPS) is 11.9. The zero-order valence-electron chi connectivity index (χ0n) is 7.16. The first kappa shape index (κ1) is 9.34. The van der Waals surface area contributed by atoms with Crippen molar-refractivity contribution in [3.05, 3.63) is 36.5 Å². The quantitative estimate of drug-likeness (QED) is 0.688. The van der Waals surface area contributed by atoms with Crippen LogP contribution in [-0.2, 0) is 4.57 Å². The van der Waals surface area contributed by atoms with Gasteiger partial charge >= 0.3 is 7.60 Å². The van der Waals surface area contributed by atoms with Gasteiger partial charge in [0.1, 0.15) is 0 Å². The molecule has 0 radical (unpaired) electrons. The van der Waals surface area contributed by atoms with Gasteiger partial charge in [-0.3, -0.25) is 9.55 Å². The number of hydrogen-bond acceptors (Lipinski definition) is 2. The van der Waals surface area contributed by atoms with Crippen LogP contribution in [0.5, 0.6) is 0 Å². The summed E-state index contributed by atoms with van der Waals surface area (Å²) in [5.41, 5.74) is 0.727. The van der Waals surface area contributed by atoms with Gasteiger partial charge in [0.15, 0.2) is 0 Å². The Labute approximate surface area is 80.4 Å². The Morgan fingerprint density at radius 1 is 1.21 bits per heavy atom. The lowest BCUT2D eigenvalue weighted by Gasteiger charge is -2.04. The molecular formula is C9H8NO3P. The van der Waals surface area contributed by atoms with Gasteiger partial charge in [-0.05, 0) is 12.1 Å². The van der Waals surface area contributed by atoms with Gasteiger partial charge in [0.25, 0.3) is 0 Å². The summed E-state index contributed by atoms with van der Waals surface area (Å²) in [5, 5.41) is 0.685. The highest BCUT2D eigenvalue weighted by molar-refractivity contribution is 7.60. The molecule has 0 aliphatic heterocycles. The third-order valence-corrected chi connectivity index (χ3v) is 2.83. The number of fused-ring (bicyclic) bond motifs is 1. The summed E-state index contributed by atoms with van der Waals surface area (Å²) in [6, 6.07) is 8.64. The average molecular weight is 209 g/mol. The Kier molecular flexibility index (Phi) is 2.11. The van der Waals surface area contributed by atoms with E-state index in [1.54, 1.807) is 18.2 Å². The molecule has 4 nitrogen and oxygen atoms in total. The summed E-state index contributed by atoms with van der Waals surface area (Å²) in [4.78, 5) is 21.8. The van der Waals surface area contributed by atoms with E-state index in [0.29, 0.717) is 0 Å². The number of hydrogen-bond donors (Lipinski definition) is 2. The Bertz CT molecular complexity index is 520. The van der Waals surface area contributed by atoms with Gasteiger partial charge in [0.05, 0.1) is 10.8 Å². The van der Waals surface area contributed by atoms with Gasteiger partial charge in [-0.25, -0.2) is 0 Å². The lowest BCUT2D eigenvalue weighted by Crippen LogP contribution is -2.04. The van der Waals surface area contributed by atoms with Crippen LogP contribution in [0.25, 0.3) is 10.9 Å². The smallest absolute Gasteiger partial charge is 0.321 e. The van der Waals surface area contributed by atoms with E-state index in [4.69, 9.17) is 9.79 Å². The second-order valence-corrected chi connectivity index (χ2v) is 4.53. The second kappa shape index (κ2) is 3.17. The first-order chi connectivity index (χ1) is 6.57. The van der Waals surface area contributed by atoms with Crippen molar-refractivity contribution in [3.8, 4) is 0 Å². The third-order valence-electron chi connectivity index (χ3n) is 1.91. The predicted octanol–water partition coefficient (Wildman–Crippen LogP) is 1.04. The van der Waals surface area contributed by atoms with E-state index in [1.807, 2.05) is 6.07 Å². The Morgan fingerprint density at radius 3 is 2.64 bits per heavy atom. The summed E-state index contributed by atoms with van der Waals surface area (Å²) in [5.74, 6) is 0. The lowest BCUT2D eigenvalue weighted by molar-refractivity contribution is 0.387. The van der Waals surface area contributed by atoms with E-state index in [0.717, 1.165) is 10.9 Å². The molecule has 0 aliphatic rings. The van der Waals surface area contributed by atoms with Crippen molar-refractivity contribution >= 4 is 23.8 Å². The van der Waals surface area contributed by atoms with E-state index >= 15 is 0 Å². The fourth-order valence-electron chi connectivity index (χ4n) is 1.22. The van der Waals surface area contributed by atoms with Gasteiger partial charge < -0.3 is 9.79 Å². The van der Waals surface area contributed by atoms with Crippen molar-refractivity contribution in [2.24, 2.45) is 0 Å². The lowest BCUT2D eigenvalue weighted by atomic mass is 10.2. The van der Waals surface area contributed by atoms with Crippen molar-refractivity contribution in [2.75, 3.05) is 0 Å². The number of para-hydroxylation sites is 1. The molecule has 72 valence electrons. The highest BCUT2D eigenvalue weighted by Gasteiger charge is 2.17. The zero-order chi connectivity index (χ0) is 10.2. The molecule has 1 aromatic heterocycles. The third kappa shape index (κ3) is 1.68. The van der Waals surface area contributed by atoms with Crippen molar-refractivity contribution in [3.63, 3.8) is 0 Å². The minimum absolute atomic E-state index is 0.0452. The molecule has 0 unspecified atom stereocenters. The van der Waals surface area contributed by atoms with Crippen LogP contribution in [0.15, 0.2) is 36.5 Å². The number of nitrogens with zero attached hydrogens (tertiary/aromatic N) is 1. The van der Waals surface area contributed by atoms with Crippen LogP contribution < -0.4 is 5.30 Å². The molecule has 0 bridgehead atoms. The molecule has 2 N–H and O–H groups in total. The van der Waals surface area contributed by atoms with E-state index < -0.39 is 7.60 Å². The first-order valence-electron chi connectivity index (χ1n) is 3.98. The summed E-state index contributed by atoms with van der Waals surface area (Å²) in [6.45, 7) is 0. The molecule has 2 rings (SSSR count). The van der Waals surface area contributed by atoms with Crippen LogP contribution in [0.4, 0.5) is 0 Å². The number of benzene rings is 1. The van der Waals surface area contributed by atoms with Crippen LogP contribution in [0.2, 0.25) is 0 Å². The van der Waals surface area contributed by atoms with Gasteiger partial charge in [0.2, 0.25) is 0 Å². The maximum Gasteiger partial charge on any atom is 0.357 e. The molecule has 0 spiro atoms. The monoisotopic (exact) mass is 209 g/mol. The second-order valence-electron chi connectivity index (χ2n) is 2.93. The van der Waals surface area contributed by atoms with Gasteiger partial charge in [-0.15, -0.1) is 0 Å². The number of aromatic nitrogens is 1. The van der Waals surface area contributed by atoms with Crippen molar-refractivity contribution in [1.29, 1.82) is 0 Å². The standard InChI is InChI=1S/C9H8NO3P/c11-14(12,13)8-5-7-3-1-2-4-9(7)10-6-8/h1-6H,(H2,11,12,13). The van der Waals surface area contributed by atoms with E-state index in [2.05, 4.69) is 4.98 Å². The predicted molar refractivity (Wildman–Crippen MR) is 53.4 cm³/mol. The van der Waals surface area contributed by atoms with E-state index in [1.165, 1.54) is 12.3 Å². The van der Waals surface area contributed by atoms with Crippen LogP contribution in [0, 0.1) is 0 Å². The maximum absolute atomic E-state index is 10.9. The summed E-state index contributed by atoms with van der Waals surface area (Å²) < 4.78 is 10.9. The molecule has 2 aromatic rings. The highest BCUT2D eigenvalue weighted by atomic mass is 31.2. The van der Waals surface area contributed by atoms with Crippen LogP contribution >= 0.6 is 7.60 Å². The molecule has 0 saturated heterocycles. The van der Waals surface area contributed by atoms with Gasteiger partial charge in [-0.2, -0.15) is 0 Å². The molecule has 14 heavy (non-hydrogen) atoms. The zero-order valence-corrected chi connectivity index (χ0v) is 8.06. The first-order valence-corrected chi connectivity index (χ1v) is 5.59. The molecule has 1 heterocycles. The Morgan fingerprint density at radius 2 is 1.93 bits per heavy atom. The van der Waals surface area contributed by atoms with Gasteiger partial charge in [0, 0.05) is 11.6 Å². The minimum atomic E-state index is -4.18. The topological polar surface area (TPSA) is 70.4 Å². The molecule has 5 heteroatoms. The molecule has 0 aliphatic carbocycles. The fourth-order valence-corrected chi connectivity index (χ4v) is 1.73. The molecular weight excluding hydrogens is 201 g/mol. The molecule has 0 amide bonds. The van der Waals surface area contributed by atoms with Crippen molar-refractivity contribution in [1.82, 2.24) is 4.98 Å². The van der Waals surface area contributed by atoms with Crippen LogP contribution in [-0.4, -0.2) is 14.8 Å². The maximum atomic E-state index is 10.9. The molecule has 0 saturated carbocycles.